The van der Waals surface area contributed by atoms with Gasteiger partial charge in [-0.2, -0.15) is 0 Å². The standard InChI is InChI=1S/C3H6NS3/c1-6-4(3-5)7-2/h1-2H3. The molecule has 1 nitrogen and oxygen atoms in total. The van der Waals surface area contributed by atoms with Crippen molar-refractivity contribution in [1.82, 2.24) is 3.71 Å². The summed E-state index contributed by atoms with van der Waals surface area (Å²) in [4.78, 5) is 0. The number of rotatable bonds is 3. The van der Waals surface area contributed by atoms with Crippen molar-refractivity contribution in [1.29, 1.82) is 0 Å². The van der Waals surface area contributed by atoms with Gasteiger partial charge in [-0.3, -0.25) is 0 Å². The van der Waals surface area contributed by atoms with Crippen LogP contribution in [0.3, 0.4) is 0 Å². The number of nitrogens with zero attached hydrogens (tertiary/aromatic N) is 1. The molecule has 0 aromatic heterocycles. The normalized spacial score (nSPS) is 8.29. The second kappa shape index (κ2) is 4.74. The molecule has 7 heavy (non-hydrogen) atoms. The van der Waals surface area contributed by atoms with Crippen LogP contribution in [0.4, 0.5) is 0 Å². The smallest absolute Gasteiger partial charge is 0.158 e. The van der Waals surface area contributed by atoms with Crippen molar-refractivity contribution in [3.63, 3.8) is 0 Å². The molecule has 0 aromatic rings. The topological polar surface area (TPSA) is 3.24 Å². The SMILES string of the molecule is CSN([C]=S)SC. The third-order valence-electron chi connectivity index (χ3n) is 0.406. The molecule has 0 saturated carbocycles. The van der Waals surface area contributed by atoms with Gasteiger partial charge in [0.2, 0.25) is 0 Å². The van der Waals surface area contributed by atoms with Crippen LogP contribution in [0.15, 0.2) is 0 Å². The van der Waals surface area contributed by atoms with E-state index in [0.29, 0.717) is 0 Å². The highest BCUT2D eigenvalue weighted by Crippen LogP contribution is 2.11. The van der Waals surface area contributed by atoms with E-state index in [2.05, 4.69) is 17.7 Å². The van der Waals surface area contributed by atoms with Gasteiger partial charge in [0.15, 0.2) is 5.49 Å². The van der Waals surface area contributed by atoms with Crippen LogP contribution in [-0.2, 0) is 0 Å². The molecule has 0 aliphatic carbocycles. The van der Waals surface area contributed by atoms with Crippen molar-refractivity contribution in [3.8, 4) is 0 Å². The van der Waals surface area contributed by atoms with E-state index in [1.54, 1.807) is 27.6 Å². The highest BCUT2D eigenvalue weighted by molar-refractivity contribution is 8.12. The second-order valence-electron chi connectivity index (χ2n) is 0.714. The Bertz CT molecular complexity index is 52.1. The molecule has 0 heterocycles. The summed E-state index contributed by atoms with van der Waals surface area (Å²) in [5.74, 6) is 0. The van der Waals surface area contributed by atoms with Gasteiger partial charge in [-0.05, 0) is 23.9 Å². The average Bonchev–Trinajstić information content (AvgIpc) is 1.72. The molecule has 0 aliphatic rings. The zero-order valence-electron chi connectivity index (χ0n) is 4.17. The van der Waals surface area contributed by atoms with E-state index in [-0.39, 0.29) is 0 Å². The Kier molecular flexibility index (Phi) is 5.14. The summed E-state index contributed by atoms with van der Waals surface area (Å²) >= 11 is 7.61. The first-order valence-electron chi connectivity index (χ1n) is 1.61. The predicted octanol–water partition coefficient (Wildman–Crippen LogP) is 1.68. The summed E-state index contributed by atoms with van der Waals surface area (Å²) in [5.41, 5.74) is 2.54. The maximum atomic E-state index is 4.51. The predicted molar refractivity (Wildman–Crippen MR) is 41.5 cm³/mol. The zero-order valence-corrected chi connectivity index (χ0v) is 6.62. The summed E-state index contributed by atoms with van der Waals surface area (Å²) in [6.45, 7) is 0. The third kappa shape index (κ3) is 3.20. The molecule has 0 atom stereocenters. The Labute approximate surface area is 58.1 Å². The summed E-state index contributed by atoms with van der Waals surface area (Å²) in [6, 6.07) is 0. The fourth-order valence-electron chi connectivity index (χ4n) is 0.149. The van der Waals surface area contributed by atoms with Gasteiger partial charge >= 0.3 is 0 Å². The van der Waals surface area contributed by atoms with E-state index in [1.807, 2.05) is 12.5 Å². The van der Waals surface area contributed by atoms with E-state index < -0.39 is 0 Å². The first-order valence-corrected chi connectivity index (χ1v) is 4.38. The monoisotopic (exact) mass is 152 g/mol. The van der Waals surface area contributed by atoms with Crippen LogP contribution in [0, 0.1) is 0 Å². The van der Waals surface area contributed by atoms with Crippen LogP contribution < -0.4 is 0 Å². The van der Waals surface area contributed by atoms with Gasteiger partial charge in [-0.15, -0.1) is 0 Å². The minimum absolute atomic E-state index is 1.55. The lowest BCUT2D eigenvalue weighted by molar-refractivity contribution is 1.22. The number of hydrogen-bond acceptors (Lipinski definition) is 3. The number of hydrogen-bond donors (Lipinski definition) is 0. The maximum Gasteiger partial charge on any atom is 0.158 e. The first kappa shape index (κ1) is 7.59. The van der Waals surface area contributed by atoms with Gasteiger partial charge in [0, 0.05) is 12.5 Å². The lowest BCUT2D eigenvalue weighted by atomic mass is 11.6. The molecule has 0 unspecified atom stereocenters. The minimum atomic E-state index is 1.55. The summed E-state index contributed by atoms with van der Waals surface area (Å²) in [5, 5.41) is 0. The lowest BCUT2D eigenvalue weighted by Gasteiger charge is -2.06. The van der Waals surface area contributed by atoms with Gasteiger partial charge in [0.25, 0.3) is 0 Å². The first-order chi connectivity index (χ1) is 3.35. The molecule has 0 bridgehead atoms. The molecule has 0 saturated heterocycles. The molecule has 1 radical (unpaired) electrons. The van der Waals surface area contributed by atoms with E-state index in [4.69, 9.17) is 0 Å². The average molecular weight is 152 g/mol. The summed E-state index contributed by atoms with van der Waals surface area (Å²) in [6.07, 6.45) is 3.91. The number of thiocarbonyl (C=S) groups is 1. The van der Waals surface area contributed by atoms with Crippen molar-refractivity contribution in [2.24, 2.45) is 0 Å². The van der Waals surface area contributed by atoms with E-state index >= 15 is 0 Å². The molecular formula is C3H6NS3. The summed E-state index contributed by atoms with van der Waals surface area (Å²) in [7, 11) is 0. The van der Waals surface area contributed by atoms with E-state index in [0.717, 1.165) is 0 Å². The molecule has 0 aliphatic heterocycles. The van der Waals surface area contributed by atoms with Crippen LogP contribution in [0.5, 0.6) is 0 Å². The zero-order chi connectivity index (χ0) is 5.70. The molecule has 41 valence electrons. The van der Waals surface area contributed by atoms with Crippen molar-refractivity contribution < 1.29 is 0 Å². The van der Waals surface area contributed by atoms with Crippen molar-refractivity contribution in [3.05, 3.63) is 0 Å². The van der Waals surface area contributed by atoms with E-state index in [1.165, 1.54) is 0 Å². The second-order valence-corrected chi connectivity index (χ2v) is 2.59. The lowest BCUT2D eigenvalue weighted by Crippen LogP contribution is -1.96. The Morgan fingerprint density at radius 3 is 1.86 bits per heavy atom. The highest BCUT2D eigenvalue weighted by atomic mass is 32.2. The van der Waals surface area contributed by atoms with Crippen LogP contribution in [0.2, 0.25) is 0 Å². The Morgan fingerprint density at radius 1 is 1.43 bits per heavy atom. The van der Waals surface area contributed by atoms with Gasteiger partial charge in [0.1, 0.15) is 0 Å². The van der Waals surface area contributed by atoms with Crippen LogP contribution >= 0.6 is 36.1 Å². The van der Waals surface area contributed by atoms with Crippen molar-refractivity contribution in [2.45, 2.75) is 0 Å². The Hall–Kier alpha value is 0.590. The fourth-order valence-corrected chi connectivity index (χ4v) is 1.34. The van der Waals surface area contributed by atoms with Crippen molar-refractivity contribution in [2.75, 3.05) is 12.5 Å². The third-order valence-corrected chi connectivity index (χ3v) is 2.56. The van der Waals surface area contributed by atoms with Gasteiger partial charge in [-0.1, -0.05) is 12.2 Å². The molecule has 0 amide bonds. The fraction of sp³-hybridized carbons (Fsp3) is 0.667. The maximum absolute atomic E-state index is 4.51. The molecule has 0 N–H and O–H groups in total. The molecule has 4 heteroatoms. The Morgan fingerprint density at radius 2 is 1.86 bits per heavy atom. The molecule has 0 aromatic carbocycles. The largest absolute Gasteiger partial charge is 0.245 e. The van der Waals surface area contributed by atoms with Gasteiger partial charge in [-0.25, -0.2) is 3.71 Å². The van der Waals surface area contributed by atoms with Crippen molar-refractivity contribution >= 4 is 41.6 Å². The van der Waals surface area contributed by atoms with E-state index in [9.17, 15) is 0 Å². The van der Waals surface area contributed by atoms with Crippen LogP contribution in [-0.4, -0.2) is 21.7 Å². The van der Waals surface area contributed by atoms with Crippen LogP contribution in [0.25, 0.3) is 0 Å². The minimum Gasteiger partial charge on any atom is -0.245 e. The van der Waals surface area contributed by atoms with Gasteiger partial charge in [0.05, 0.1) is 0 Å². The quantitative estimate of drug-likeness (QED) is 0.344. The van der Waals surface area contributed by atoms with Gasteiger partial charge < -0.3 is 0 Å². The summed E-state index contributed by atoms with van der Waals surface area (Å²) < 4.78 is 1.77. The molecule has 0 spiro atoms. The molecule has 0 fully saturated rings. The van der Waals surface area contributed by atoms with Crippen LogP contribution in [0.1, 0.15) is 0 Å². The molecular weight excluding hydrogens is 146 g/mol. The molecule has 0 rings (SSSR count). The Balaban J connectivity index is 3.16. The highest BCUT2D eigenvalue weighted by Gasteiger charge is 1.88.